The molecule has 1 aromatic heterocycles. The lowest BCUT2D eigenvalue weighted by atomic mass is 10.2. The number of nitrogens with two attached hydrogens (primary N) is 1. The number of amides is 2. The van der Waals surface area contributed by atoms with Gasteiger partial charge in [-0.1, -0.05) is 31.0 Å². The molecule has 10 nitrogen and oxygen atoms in total. The highest BCUT2D eigenvalue weighted by Crippen LogP contribution is 2.21. The third kappa shape index (κ3) is 16.3. The van der Waals surface area contributed by atoms with Crippen molar-refractivity contribution in [1.29, 1.82) is 0 Å². The van der Waals surface area contributed by atoms with E-state index in [1.807, 2.05) is 6.07 Å². The van der Waals surface area contributed by atoms with Crippen molar-refractivity contribution in [3.63, 3.8) is 0 Å². The summed E-state index contributed by atoms with van der Waals surface area (Å²) < 4.78 is 28.1. The van der Waals surface area contributed by atoms with Crippen LogP contribution in [-0.4, -0.2) is 66.0 Å². The number of sulfonamides is 1. The summed E-state index contributed by atoms with van der Waals surface area (Å²) >= 11 is 1.14. The minimum absolute atomic E-state index is 0.0549. The lowest BCUT2D eigenvalue weighted by Gasteiger charge is -2.07. The van der Waals surface area contributed by atoms with Gasteiger partial charge in [0.2, 0.25) is 15.9 Å². The highest BCUT2D eigenvalue weighted by atomic mass is 32.2. The Hall–Kier alpha value is -2.35. The molecule has 2 aromatic rings. The van der Waals surface area contributed by atoms with E-state index in [2.05, 4.69) is 26.0 Å². The van der Waals surface area contributed by atoms with Crippen molar-refractivity contribution in [2.45, 2.75) is 75.0 Å². The molecule has 0 aliphatic carbocycles. The zero-order valence-corrected chi connectivity index (χ0v) is 26.4. The van der Waals surface area contributed by atoms with E-state index >= 15 is 0 Å². The van der Waals surface area contributed by atoms with E-state index in [9.17, 15) is 18.0 Å². The molecule has 0 aliphatic heterocycles. The number of nitrogens with one attached hydrogen (secondary N) is 5. The molecule has 236 valence electrons. The fraction of sp³-hybridized carbons (Fsp3) is 0.600. The highest BCUT2D eigenvalue weighted by Gasteiger charge is 2.16. The van der Waals surface area contributed by atoms with Crippen LogP contribution in [0.3, 0.4) is 0 Å². The number of hydrogen-bond donors (Lipinski definition) is 6. The smallest absolute Gasteiger partial charge is 0.251 e. The van der Waals surface area contributed by atoms with Crippen LogP contribution in [0.25, 0.3) is 0 Å². The number of hydrogen-bond acceptors (Lipinski definition) is 8. The van der Waals surface area contributed by atoms with E-state index in [0.717, 1.165) is 87.5 Å². The molecule has 1 heterocycles. The second-order valence-electron chi connectivity index (χ2n) is 10.2. The van der Waals surface area contributed by atoms with Crippen molar-refractivity contribution >= 4 is 33.2 Å². The minimum Gasteiger partial charge on any atom is -0.356 e. The number of carbonyl (C=O) groups excluding carboxylic acids is 2. The normalized spacial score (nSPS) is 11.5. The summed E-state index contributed by atoms with van der Waals surface area (Å²) in [4.78, 5) is 25.0. The molecule has 0 saturated heterocycles. The molecule has 0 aliphatic rings. The van der Waals surface area contributed by atoms with Gasteiger partial charge in [-0.05, 0) is 102 Å². The van der Waals surface area contributed by atoms with Gasteiger partial charge in [-0.3, -0.25) is 9.59 Å². The van der Waals surface area contributed by atoms with Crippen molar-refractivity contribution in [2.75, 3.05) is 45.8 Å². The van der Waals surface area contributed by atoms with Crippen LogP contribution in [0.2, 0.25) is 0 Å². The molecule has 0 radical (unpaired) electrons. The third-order valence-corrected chi connectivity index (χ3v) is 9.64. The van der Waals surface area contributed by atoms with Crippen LogP contribution in [0, 0.1) is 0 Å². The molecular weight excluding hydrogens is 573 g/mol. The summed E-state index contributed by atoms with van der Waals surface area (Å²) in [5.74, 6) is -0.146. The number of benzene rings is 1. The van der Waals surface area contributed by atoms with E-state index in [1.165, 1.54) is 12.8 Å². The standard InChI is InChI=1S/C30H50N6O4S2/c31-18-12-22-33-21-11-10-20-32-19-7-3-8-23-34-28(37)15-6-2-9-24-36-42(39,40)29-17-16-27(41-29)25-35-30(38)26-13-4-1-5-14-26/h1,4-5,13-14,16-17,32-33,36H,2-3,6-12,15,18-25,31H2,(H,34,37)(H,35,38). The summed E-state index contributed by atoms with van der Waals surface area (Å²) in [6.45, 7) is 6.14. The average molecular weight is 623 g/mol. The van der Waals surface area contributed by atoms with Gasteiger partial charge in [0.15, 0.2) is 0 Å². The maximum Gasteiger partial charge on any atom is 0.251 e. The molecule has 0 unspecified atom stereocenters. The van der Waals surface area contributed by atoms with E-state index in [4.69, 9.17) is 5.73 Å². The Morgan fingerprint density at radius 1 is 0.690 bits per heavy atom. The van der Waals surface area contributed by atoms with Crippen LogP contribution in [0.4, 0.5) is 0 Å². The molecule has 2 amide bonds. The molecule has 42 heavy (non-hydrogen) atoms. The Morgan fingerprint density at radius 3 is 2.02 bits per heavy atom. The predicted octanol–water partition coefficient (Wildman–Crippen LogP) is 3.11. The van der Waals surface area contributed by atoms with Gasteiger partial charge in [0, 0.05) is 30.0 Å². The molecule has 0 bridgehead atoms. The molecule has 1 aromatic carbocycles. The zero-order chi connectivity index (χ0) is 30.3. The summed E-state index contributed by atoms with van der Waals surface area (Å²) in [6.07, 6.45) is 9.17. The molecular formula is C30H50N6O4S2. The van der Waals surface area contributed by atoms with Crippen molar-refractivity contribution < 1.29 is 18.0 Å². The number of unbranched alkanes of at least 4 members (excludes halogenated alkanes) is 5. The fourth-order valence-corrected chi connectivity index (χ4v) is 6.58. The molecule has 0 spiro atoms. The third-order valence-electron chi connectivity index (χ3n) is 6.60. The van der Waals surface area contributed by atoms with E-state index in [0.29, 0.717) is 31.5 Å². The van der Waals surface area contributed by atoms with Crippen LogP contribution < -0.4 is 31.7 Å². The first-order valence-electron chi connectivity index (χ1n) is 15.2. The van der Waals surface area contributed by atoms with Crippen LogP contribution in [0.15, 0.2) is 46.7 Å². The molecule has 0 saturated carbocycles. The summed E-state index contributed by atoms with van der Waals surface area (Å²) in [5, 5.41) is 12.6. The Labute approximate surface area is 256 Å². The minimum atomic E-state index is -3.60. The van der Waals surface area contributed by atoms with Crippen LogP contribution in [0.5, 0.6) is 0 Å². The molecule has 0 atom stereocenters. The number of rotatable bonds is 25. The van der Waals surface area contributed by atoms with E-state index < -0.39 is 10.0 Å². The molecule has 2 rings (SSSR count). The Kier molecular flexibility index (Phi) is 19.0. The highest BCUT2D eigenvalue weighted by molar-refractivity contribution is 7.91. The second-order valence-corrected chi connectivity index (χ2v) is 13.4. The van der Waals surface area contributed by atoms with Gasteiger partial charge in [0.25, 0.3) is 5.91 Å². The van der Waals surface area contributed by atoms with Crippen molar-refractivity contribution in [1.82, 2.24) is 26.0 Å². The first kappa shape index (κ1) is 35.8. The largest absolute Gasteiger partial charge is 0.356 e. The van der Waals surface area contributed by atoms with E-state index in [1.54, 1.807) is 36.4 Å². The van der Waals surface area contributed by atoms with Crippen LogP contribution in [-0.2, 0) is 21.4 Å². The van der Waals surface area contributed by atoms with Gasteiger partial charge in [-0.2, -0.15) is 0 Å². The Morgan fingerprint density at radius 2 is 1.31 bits per heavy atom. The first-order chi connectivity index (χ1) is 20.4. The topological polar surface area (TPSA) is 154 Å². The van der Waals surface area contributed by atoms with Gasteiger partial charge in [0.1, 0.15) is 4.21 Å². The van der Waals surface area contributed by atoms with Crippen molar-refractivity contribution in [3.05, 3.63) is 52.9 Å². The van der Waals surface area contributed by atoms with Gasteiger partial charge in [-0.25, -0.2) is 13.1 Å². The monoisotopic (exact) mass is 622 g/mol. The zero-order valence-electron chi connectivity index (χ0n) is 24.8. The number of thiophene rings is 1. The maximum absolute atomic E-state index is 12.6. The second kappa shape index (κ2) is 22.2. The van der Waals surface area contributed by atoms with Gasteiger partial charge in [-0.15, -0.1) is 11.3 Å². The van der Waals surface area contributed by atoms with Gasteiger partial charge < -0.3 is 27.0 Å². The predicted molar refractivity (Wildman–Crippen MR) is 171 cm³/mol. The van der Waals surface area contributed by atoms with Crippen molar-refractivity contribution in [2.24, 2.45) is 5.73 Å². The molecule has 12 heteroatoms. The van der Waals surface area contributed by atoms with Crippen molar-refractivity contribution in [3.8, 4) is 0 Å². The van der Waals surface area contributed by atoms with Gasteiger partial charge >= 0.3 is 0 Å². The average Bonchev–Trinajstić information content (AvgIpc) is 3.48. The molecule has 0 fully saturated rings. The maximum atomic E-state index is 12.6. The summed E-state index contributed by atoms with van der Waals surface area (Å²) in [5.41, 5.74) is 6.03. The lowest BCUT2D eigenvalue weighted by molar-refractivity contribution is -0.121. The Bertz CT molecular complexity index is 1110. The Balaban J connectivity index is 1.43. The number of carbonyl (C=O) groups is 2. The lowest BCUT2D eigenvalue weighted by Crippen LogP contribution is -2.25. The summed E-state index contributed by atoms with van der Waals surface area (Å²) in [6, 6.07) is 12.2. The van der Waals surface area contributed by atoms with Gasteiger partial charge in [0.05, 0.1) is 6.54 Å². The van der Waals surface area contributed by atoms with E-state index in [-0.39, 0.29) is 22.6 Å². The SMILES string of the molecule is NCCCNCCCCNCCCCCNC(=O)CCCCCNS(=O)(=O)c1ccc(CNC(=O)c2ccccc2)s1. The first-order valence-corrected chi connectivity index (χ1v) is 17.5. The van der Waals surface area contributed by atoms with Crippen LogP contribution >= 0.6 is 11.3 Å². The summed E-state index contributed by atoms with van der Waals surface area (Å²) in [7, 11) is -3.60. The van der Waals surface area contributed by atoms with Crippen LogP contribution in [0.1, 0.15) is 79.4 Å². The molecule has 7 N–H and O–H groups in total. The quantitative estimate of drug-likeness (QED) is 0.0930. The fourth-order valence-electron chi connectivity index (χ4n) is 4.17.